The molecular formula is C17H22ClN5O2. The molecule has 3 aromatic rings. The van der Waals surface area contributed by atoms with Gasteiger partial charge in [0.1, 0.15) is 0 Å². The molecule has 0 aliphatic rings. The summed E-state index contributed by atoms with van der Waals surface area (Å²) in [5, 5.41) is 13.0. The maximum absolute atomic E-state index is 12.6. The number of hydrogen-bond donors (Lipinski definition) is 1. The fraction of sp³-hybridized carbons (Fsp3) is 0.412. The standard InChI is InChI=1S/C17H21N5O2.ClH/c1-10(2)22-17(23)13-8-6-5-7-12(13)15(20-22)16-19-14(21-24-16)9-11(3)18-4;/h5-8,10-11,18H,9H2,1-4H3;1H. The molecule has 2 aromatic heterocycles. The molecule has 3 rings (SSSR count). The van der Waals surface area contributed by atoms with Gasteiger partial charge in [-0.3, -0.25) is 4.79 Å². The van der Waals surface area contributed by atoms with E-state index in [-0.39, 0.29) is 30.0 Å². The van der Waals surface area contributed by atoms with E-state index in [1.54, 1.807) is 6.07 Å². The number of fused-ring (bicyclic) bond motifs is 1. The Kier molecular flexibility index (Phi) is 5.92. The number of hydrogen-bond acceptors (Lipinski definition) is 6. The first-order valence-electron chi connectivity index (χ1n) is 8.03. The topological polar surface area (TPSA) is 85.8 Å². The third kappa shape index (κ3) is 3.72. The Morgan fingerprint density at radius 1 is 1.20 bits per heavy atom. The number of benzene rings is 1. The van der Waals surface area contributed by atoms with Gasteiger partial charge in [0, 0.05) is 17.8 Å². The zero-order chi connectivity index (χ0) is 17.3. The van der Waals surface area contributed by atoms with Gasteiger partial charge < -0.3 is 9.84 Å². The van der Waals surface area contributed by atoms with Crippen LogP contribution in [-0.2, 0) is 6.42 Å². The van der Waals surface area contributed by atoms with Crippen molar-refractivity contribution in [3.05, 3.63) is 40.4 Å². The summed E-state index contributed by atoms with van der Waals surface area (Å²) in [4.78, 5) is 17.0. The molecule has 1 aromatic carbocycles. The first-order chi connectivity index (χ1) is 11.5. The summed E-state index contributed by atoms with van der Waals surface area (Å²) in [5.41, 5.74) is 0.419. The highest BCUT2D eigenvalue weighted by atomic mass is 35.5. The van der Waals surface area contributed by atoms with E-state index in [1.165, 1.54) is 4.68 Å². The van der Waals surface area contributed by atoms with E-state index in [2.05, 4.69) is 20.6 Å². The average Bonchev–Trinajstić information content (AvgIpc) is 3.03. The summed E-state index contributed by atoms with van der Waals surface area (Å²) in [6.07, 6.45) is 0.655. The summed E-state index contributed by atoms with van der Waals surface area (Å²) < 4.78 is 6.87. The summed E-state index contributed by atoms with van der Waals surface area (Å²) in [6.45, 7) is 5.88. The van der Waals surface area contributed by atoms with Crippen LogP contribution in [0.25, 0.3) is 22.4 Å². The molecule has 134 valence electrons. The minimum absolute atomic E-state index is 0. The van der Waals surface area contributed by atoms with Crippen LogP contribution in [0.4, 0.5) is 0 Å². The molecule has 0 amide bonds. The minimum atomic E-state index is -0.118. The van der Waals surface area contributed by atoms with Crippen LogP contribution in [0, 0.1) is 0 Å². The quantitative estimate of drug-likeness (QED) is 0.749. The van der Waals surface area contributed by atoms with Crippen LogP contribution >= 0.6 is 12.4 Å². The molecule has 0 saturated heterocycles. The maximum atomic E-state index is 12.6. The van der Waals surface area contributed by atoms with Crippen molar-refractivity contribution < 1.29 is 4.52 Å². The Hall–Kier alpha value is -2.25. The number of halogens is 1. The third-order valence-electron chi connectivity index (χ3n) is 3.97. The van der Waals surface area contributed by atoms with E-state index < -0.39 is 0 Å². The van der Waals surface area contributed by atoms with Gasteiger partial charge in [0.15, 0.2) is 11.5 Å². The van der Waals surface area contributed by atoms with Gasteiger partial charge >= 0.3 is 0 Å². The van der Waals surface area contributed by atoms with Crippen molar-refractivity contribution in [2.45, 2.75) is 39.3 Å². The predicted octanol–water partition coefficient (Wildman–Crippen LogP) is 2.60. The van der Waals surface area contributed by atoms with E-state index in [1.807, 2.05) is 46.0 Å². The Labute approximate surface area is 151 Å². The molecule has 0 radical (unpaired) electrons. The molecule has 0 aliphatic heterocycles. The zero-order valence-corrected chi connectivity index (χ0v) is 15.5. The van der Waals surface area contributed by atoms with E-state index in [9.17, 15) is 4.79 Å². The Morgan fingerprint density at radius 2 is 1.88 bits per heavy atom. The lowest BCUT2D eigenvalue weighted by Crippen LogP contribution is -2.25. The molecule has 2 heterocycles. The van der Waals surface area contributed by atoms with Gasteiger partial charge in [0.25, 0.3) is 11.4 Å². The number of rotatable bonds is 5. The summed E-state index contributed by atoms with van der Waals surface area (Å²) >= 11 is 0. The monoisotopic (exact) mass is 363 g/mol. The van der Waals surface area contributed by atoms with Crippen LogP contribution in [0.2, 0.25) is 0 Å². The largest absolute Gasteiger partial charge is 0.332 e. The van der Waals surface area contributed by atoms with Gasteiger partial charge in [-0.05, 0) is 33.9 Å². The SMILES string of the molecule is CNC(C)Cc1noc(-c2nn(C(C)C)c(=O)c3ccccc23)n1.Cl. The molecule has 25 heavy (non-hydrogen) atoms. The van der Waals surface area contributed by atoms with Crippen molar-refractivity contribution in [1.82, 2.24) is 25.2 Å². The summed E-state index contributed by atoms with van der Waals surface area (Å²) in [6, 6.07) is 7.53. The number of nitrogens with one attached hydrogen (secondary N) is 1. The third-order valence-corrected chi connectivity index (χ3v) is 3.97. The molecular weight excluding hydrogens is 342 g/mol. The lowest BCUT2D eigenvalue weighted by molar-refractivity contribution is 0.414. The molecule has 0 saturated carbocycles. The average molecular weight is 364 g/mol. The zero-order valence-electron chi connectivity index (χ0n) is 14.7. The van der Waals surface area contributed by atoms with Crippen molar-refractivity contribution in [2.75, 3.05) is 7.05 Å². The number of aromatic nitrogens is 4. The summed E-state index contributed by atoms with van der Waals surface area (Å²) in [7, 11) is 1.89. The van der Waals surface area contributed by atoms with E-state index in [0.29, 0.717) is 29.2 Å². The molecule has 1 N–H and O–H groups in total. The van der Waals surface area contributed by atoms with Gasteiger partial charge in [-0.2, -0.15) is 10.1 Å². The smallest absolute Gasteiger partial charge is 0.279 e. The highest BCUT2D eigenvalue weighted by molar-refractivity contribution is 5.91. The number of nitrogens with zero attached hydrogens (tertiary/aromatic N) is 4. The second-order valence-electron chi connectivity index (χ2n) is 6.15. The van der Waals surface area contributed by atoms with Crippen LogP contribution < -0.4 is 10.9 Å². The van der Waals surface area contributed by atoms with Crippen LogP contribution in [0.5, 0.6) is 0 Å². The van der Waals surface area contributed by atoms with Gasteiger partial charge in [-0.1, -0.05) is 23.4 Å². The van der Waals surface area contributed by atoms with Crippen LogP contribution in [0.15, 0.2) is 33.6 Å². The van der Waals surface area contributed by atoms with Gasteiger partial charge in [0.05, 0.1) is 11.4 Å². The molecule has 8 heteroatoms. The van der Waals surface area contributed by atoms with Crippen molar-refractivity contribution >= 4 is 23.2 Å². The Morgan fingerprint density at radius 3 is 2.52 bits per heavy atom. The Balaban J connectivity index is 0.00000225. The molecule has 0 aliphatic carbocycles. The highest BCUT2D eigenvalue weighted by Crippen LogP contribution is 2.24. The van der Waals surface area contributed by atoms with E-state index in [4.69, 9.17) is 4.52 Å². The minimum Gasteiger partial charge on any atom is -0.332 e. The molecule has 7 nitrogen and oxygen atoms in total. The van der Waals surface area contributed by atoms with Crippen molar-refractivity contribution in [1.29, 1.82) is 0 Å². The van der Waals surface area contributed by atoms with Crippen molar-refractivity contribution in [3.63, 3.8) is 0 Å². The van der Waals surface area contributed by atoms with E-state index >= 15 is 0 Å². The molecule has 1 atom stereocenters. The first-order valence-corrected chi connectivity index (χ1v) is 8.03. The van der Waals surface area contributed by atoms with Gasteiger partial charge in [-0.25, -0.2) is 4.68 Å². The fourth-order valence-electron chi connectivity index (χ4n) is 2.52. The van der Waals surface area contributed by atoms with Crippen molar-refractivity contribution in [3.8, 4) is 11.6 Å². The lowest BCUT2D eigenvalue weighted by atomic mass is 10.1. The predicted molar refractivity (Wildman–Crippen MR) is 99.2 cm³/mol. The number of likely N-dealkylation sites (N-methyl/N-ethyl adjacent to an activating group) is 1. The van der Waals surface area contributed by atoms with Crippen LogP contribution in [-0.4, -0.2) is 33.0 Å². The van der Waals surface area contributed by atoms with E-state index in [0.717, 1.165) is 5.39 Å². The first kappa shape index (κ1) is 19.1. The highest BCUT2D eigenvalue weighted by Gasteiger charge is 2.19. The second-order valence-corrected chi connectivity index (χ2v) is 6.15. The second kappa shape index (κ2) is 7.76. The van der Waals surface area contributed by atoms with Gasteiger partial charge in [-0.15, -0.1) is 12.4 Å². The summed E-state index contributed by atoms with van der Waals surface area (Å²) in [5.74, 6) is 0.943. The molecule has 0 spiro atoms. The van der Waals surface area contributed by atoms with Crippen LogP contribution in [0.3, 0.4) is 0 Å². The molecule has 1 unspecified atom stereocenters. The maximum Gasteiger partial charge on any atom is 0.279 e. The van der Waals surface area contributed by atoms with Crippen molar-refractivity contribution in [2.24, 2.45) is 0 Å². The normalized spacial score (nSPS) is 12.4. The van der Waals surface area contributed by atoms with Gasteiger partial charge in [0.2, 0.25) is 0 Å². The fourth-order valence-corrected chi connectivity index (χ4v) is 2.52. The van der Waals surface area contributed by atoms with Crippen LogP contribution in [0.1, 0.15) is 32.6 Å². The Bertz CT molecular complexity index is 919. The molecule has 0 bridgehead atoms. The molecule has 0 fully saturated rings. The lowest BCUT2D eigenvalue weighted by Gasteiger charge is -2.11.